The van der Waals surface area contributed by atoms with Gasteiger partial charge >= 0.3 is 0 Å². The molecule has 0 saturated carbocycles. The number of allylic oxidation sites excluding steroid dienone is 1. The zero-order valence-corrected chi connectivity index (χ0v) is 21.4. The molecule has 3 aromatic rings. The highest BCUT2D eigenvalue weighted by atomic mass is 19.3. The van der Waals surface area contributed by atoms with Gasteiger partial charge in [-0.15, -0.1) is 0 Å². The molecule has 0 aliphatic carbocycles. The summed E-state index contributed by atoms with van der Waals surface area (Å²) in [5.74, 6) is -1.85. The Morgan fingerprint density at radius 1 is 0.912 bits per heavy atom. The number of halogens is 2. The maximum Gasteiger partial charge on any atom is 0.270 e. The Balaban J connectivity index is 0.000000270. The molecule has 3 aromatic carbocycles. The van der Waals surface area contributed by atoms with E-state index < -0.39 is 5.92 Å². The Bertz CT molecular complexity index is 1150. The second-order valence-electron chi connectivity index (χ2n) is 8.87. The standard InChI is InChI=1S/C19H22N2.C11H14F2/c1-13(2)17-9-8-15(4)19(12-17)21-16(5)20-18-10-6-14(3)7-11-18;1-4-9-6-5-8(2)7-10(9)11(3,12)13/h6-12H,1H2,2-5H3,(H,20,21);5-7H,4H2,1-3H3. The first-order valence-electron chi connectivity index (χ1n) is 11.5. The highest BCUT2D eigenvalue weighted by Crippen LogP contribution is 2.30. The van der Waals surface area contributed by atoms with Crippen molar-refractivity contribution in [3.05, 3.63) is 101 Å². The van der Waals surface area contributed by atoms with Gasteiger partial charge in [0.1, 0.15) is 5.84 Å². The Hall–Kier alpha value is -3.27. The highest BCUT2D eigenvalue weighted by Gasteiger charge is 2.26. The third-order valence-electron chi connectivity index (χ3n) is 5.49. The number of nitrogens with one attached hydrogen (secondary N) is 1. The first-order valence-corrected chi connectivity index (χ1v) is 11.5. The molecule has 180 valence electrons. The number of alkyl halides is 2. The summed E-state index contributed by atoms with van der Waals surface area (Å²) in [4.78, 5) is 4.68. The normalized spacial score (nSPS) is 11.5. The Morgan fingerprint density at radius 2 is 1.53 bits per heavy atom. The lowest BCUT2D eigenvalue weighted by atomic mass is 9.98. The van der Waals surface area contributed by atoms with Crippen LogP contribution < -0.4 is 5.32 Å². The molecule has 4 heteroatoms. The summed E-state index contributed by atoms with van der Waals surface area (Å²) in [6.07, 6.45) is 0.652. The number of hydrogen-bond acceptors (Lipinski definition) is 1. The van der Waals surface area contributed by atoms with Crippen molar-refractivity contribution in [2.45, 2.75) is 60.8 Å². The Morgan fingerprint density at radius 3 is 2.09 bits per heavy atom. The average Bonchev–Trinajstić information content (AvgIpc) is 2.76. The van der Waals surface area contributed by atoms with Gasteiger partial charge in [0.05, 0.1) is 5.69 Å². The van der Waals surface area contributed by atoms with Crippen molar-refractivity contribution in [1.82, 2.24) is 0 Å². The molecule has 0 saturated heterocycles. The monoisotopic (exact) mass is 462 g/mol. The molecule has 0 aromatic heterocycles. The molecule has 0 heterocycles. The van der Waals surface area contributed by atoms with Crippen LogP contribution in [0, 0.1) is 20.8 Å². The second kappa shape index (κ2) is 11.7. The van der Waals surface area contributed by atoms with Gasteiger partial charge in [-0.05, 0) is 82.0 Å². The molecular weight excluding hydrogens is 426 g/mol. The lowest BCUT2D eigenvalue weighted by molar-refractivity contribution is 0.0165. The van der Waals surface area contributed by atoms with Crippen molar-refractivity contribution in [3.8, 4) is 0 Å². The number of hydrogen-bond donors (Lipinski definition) is 1. The Kier molecular flexibility index (Phi) is 9.31. The summed E-state index contributed by atoms with van der Waals surface area (Å²) in [5, 5.41) is 3.32. The molecule has 3 rings (SSSR count). The van der Waals surface area contributed by atoms with Gasteiger partial charge in [-0.3, -0.25) is 0 Å². The van der Waals surface area contributed by atoms with Crippen LogP contribution in [0.2, 0.25) is 0 Å². The molecule has 0 fully saturated rings. The van der Waals surface area contributed by atoms with Gasteiger partial charge in [0, 0.05) is 18.2 Å². The summed E-state index contributed by atoms with van der Waals surface area (Å²) in [6.45, 7) is 16.8. The van der Waals surface area contributed by atoms with Crippen molar-refractivity contribution in [2.24, 2.45) is 4.99 Å². The van der Waals surface area contributed by atoms with E-state index in [4.69, 9.17) is 0 Å². The van der Waals surface area contributed by atoms with Crippen LogP contribution in [0.15, 0.2) is 72.2 Å². The van der Waals surface area contributed by atoms with Crippen LogP contribution in [0.1, 0.15) is 61.1 Å². The minimum absolute atomic E-state index is 0.162. The maximum atomic E-state index is 13.1. The van der Waals surface area contributed by atoms with Gasteiger partial charge < -0.3 is 5.32 Å². The van der Waals surface area contributed by atoms with Crippen molar-refractivity contribution >= 4 is 22.8 Å². The van der Waals surface area contributed by atoms with E-state index >= 15 is 0 Å². The molecule has 0 unspecified atom stereocenters. The first kappa shape index (κ1) is 27.0. The smallest absolute Gasteiger partial charge is 0.270 e. The van der Waals surface area contributed by atoms with E-state index in [1.165, 1.54) is 5.56 Å². The topological polar surface area (TPSA) is 24.4 Å². The highest BCUT2D eigenvalue weighted by molar-refractivity contribution is 5.95. The lowest BCUT2D eigenvalue weighted by Gasteiger charge is -2.15. The number of nitrogens with zero attached hydrogens (tertiary/aromatic N) is 1. The molecule has 0 spiro atoms. The third-order valence-corrected chi connectivity index (χ3v) is 5.49. The molecule has 0 amide bonds. The minimum atomic E-state index is -2.72. The number of rotatable bonds is 5. The summed E-state index contributed by atoms with van der Waals surface area (Å²) < 4.78 is 26.2. The third kappa shape index (κ3) is 7.95. The van der Waals surface area contributed by atoms with Crippen molar-refractivity contribution in [3.63, 3.8) is 0 Å². The van der Waals surface area contributed by atoms with Gasteiger partial charge in [0.15, 0.2) is 0 Å². The van der Waals surface area contributed by atoms with Gasteiger partial charge in [-0.1, -0.05) is 66.6 Å². The van der Waals surface area contributed by atoms with Crippen LogP contribution in [-0.4, -0.2) is 5.84 Å². The lowest BCUT2D eigenvalue weighted by Crippen LogP contribution is -2.10. The van der Waals surface area contributed by atoms with E-state index in [-0.39, 0.29) is 5.56 Å². The van der Waals surface area contributed by atoms with Crippen LogP contribution in [0.3, 0.4) is 0 Å². The van der Waals surface area contributed by atoms with E-state index in [2.05, 4.69) is 73.2 Å². The molecule has 34 heavy (non-hydrogen) atoms. The summed E-state index contributed by atoms with van der Waals surface area (Å²) >= 11 is 0. The SMILES string of the molecule is C=C(C)c1ccc(C)c(N=C(C)Nc2ccc(C)cc2)c1.CCc1ccc(C)cc1C(C)(F)F. The van der Waals surface area contributed by atoms with Gasteiger partial charge in [-0.25, -0.2) is 13.8 Å². The molecule has 0 atom stereocenters. The number of amidine groups is 1. The molecular formula is C30H36F2N2. The molecule has 0 aliphatic heterocycles. The van der Waals surface area contributed by atoms with Crippen LogP contribution in [0.5, 0.6) is 0 Å². The van der Waals surface area contributed by atoms with E-state index in [0.29, 0.717) is 6.42 Å². The van der Waals surface area contributed by atoms with Crippen molar-refractivity contribution in [2.75, 3.05) is 5.32 Å². The fourth-order valence-electron chi connectivity index (χ4n) is 3.46. The predicted molar refractivity (Wildman–Crippen MR) is 144 cm³/mol. The predicted octanol–water partition coefficient (Wildman–Crippen LogP) is 9.17. The molecule has 0 radical (unpaired) electrons. The van der Waals surface area contributed by atoms with Crippen molar-refractivity contribution in [1.29, 1.82) is 0 Å². The number of anilines is 1. The molecule has 1 N–H and O–H groups in total. The van der Waals surface area contributed by atoms with Gasteiger partial charge in [0.25, 0.3) is 5.92 Å². The zero-order chi connectivity index (χ0) is 25.5. The number of benzene rings is 3. The maximum absolute atomic E-state index is 13.1. The first-order chi connectivity index (χ1) is 15.9. The summed E-state index contributed by atoms with van der Waals surface area (Å²) in [7, 11) is 0. The number of aryl methyl sites for hydroxylation is 4. The fourth-order valence-corrected chi connectivity index (χ4v) is 3.46. The largest absolute Gasteiger partial charge is 0.344 e. The Labute approximate surface area is 203 Å². The molecule has 0 bridgehead atoms. The average molecular weight is 463 g/mol. The summed E-state index contributed by atoms with van der Waals surface area (Å²) in [6, 6.07) is 19.8. The van der Waals surface area contributed by atoms with E-state index in [0.717, 1.165) is 52.0 Å². The second-order valence-corrected chi connectivity index (χ2v) is 8.87. The van der Waals surface area contributed by atoms with Crippen LogP contribution in [0.25, 0.3) is 5.57 Å². The minimum Gasteiger partial charge on any atom is -0.344 e. The van der Waals surface area contributed by atoms with E-state index in [1.807, 2.05) is 33.8 Å². The summed E-state index contributed by atoms with van der Waals surface area (Å²) in [5.41, 5.74) is 8.40. The number of aliphatic imine (C=N–C) groups is 1. The van der Waals surface area contributed by atoms with Crippen LogP contribution in [-0.2, 0) is 12.3 Å². The van der Waals surface area contributed by atoms with E-state index in [9.17, 15) is 8.78 Å². The van der Waals surface area contributed by atoms with Crippen LogP contribution in [0.4, 0.5) is 20.2 Å². The van der Waals surface area contributed by atoms with Gasteiger partial charge in [0.2, 0.25) is 0 Å². The van der Waals surface area contributed by atoms with Crippen molar-refractivity contribution < 1.29 is 8.78 Å². The molecule has 0 aliphatic rings. The van der Waals surface area contributed by atoms with Crippen LogP contribution >= 0.6 is 0 Å². The van der Waals surface area contributed by atoms with E-state index in [1.54, 1.807) is 12.1 Å². The molecule has 2 nitrogen and oxygen atoms in total. The zero-order valence-electron chi connectivity index (χ0n) is 21.4. The van der Waals surface area contributed by atoms with Gasteiger partial charge in [-0.2, -0.15) is 0 Å². The fraction of sp³-hybridized carbons (Fsp3) is 0.300. The quantitative estimate of drug-likeness (QED) is 0.297.